The van der Waals surface area contributed by atoms with Crippen LogP contribution in [0.15, 0.2) is 5.38 Å². The van der Waals surface area contributed by atoms with Gasteiger partial charge >= 0.3 is 5.97 Å². The van der Waals surface area contributed by atoms with Gasteiger partial charge in [0.15, 0.2) is 0 Å². The minimum atomic E-state index is -0.367. The summed E-state index contributed by atoms with van der Waals surface area (Å²) in [5.74, 6) is -0.0687. The molecule has 0 spiro atoms. The molecule has 1 amide bonds. The molecule has 0 saturated carbocycles. The van der Waals surface area contributed by atoms with Crippen molar-refractivity contribution in [1.29, 1.82) is 0 Å². The van der Waals surface area contributed by atoms with Crippen LogP contribution in [0, 0.1) is 5.92 Å². The van der Waals surface area contributed by atoms with Crippen LogP contribution >= 0.6 is 11.3 Å². The smallest absolute Gasteiger partial charge is 0.341 e. The maximum Gasteiger partial charge on any atom is 0.341 e. The molecule has 0 aromatic carbocycles. The van der Waals surface area contributed by atoms with E-state index in [-0.39, 0.29) is 30.6 Å². The molecule has 2 atom stereocenters. The van der Waals surface area contributed by atoms with Crippen molar-refractivity contribution < 1.29 is 19.1 Å². The molecule has 1 aromatic rings. The third-order valence-corrected chi connectivity index (χ3v) is 5.03. The number of carbonyl (C=O) groups excluding carboxylic acids is 2. The number of amides is 1. The van der Waals surface area contributed by atoms with Crippen LogP contribution in [0.2, 0.25) is 0 Å². The summed E-state index contributed by atoms with van der Waals surface area (Å²) in [6.45, 7) is 12.1. The van der Waals surface area contributed by atoms with E-state index in [0.29, 0.717) is 23.1 Å². The van der Waals surface area contributed by atoms with Crippen molar-refractivity contribution in [2.24, 2.45) is 5.92 Å². The van der Waals surface area contributed by atoms with E-state index >= 15 is 0 Å². The molecular formula is C19H30N2O4S. The molecule has 1 aliphatic rings. The number of hydrogen-bond acceptors (Lipinski definition) is 6. The first-order valence-electron chi connectivity index (χ1n) is 9.25. The van der Waals surface area contributed by atoms with Gasteiger partial charge in [-0.1, -0.05) is 13.8 Å². The van der Waals surface area contributed by atoms with Gasteiger partial charge in [-0.15, -0.1) is 11.3 Å². The highest BCUT2D eigenvalue weighted by Crippen LogP contribution is 2.31. The van der Waals surface area contributed by atoms with Crippen molar-refractivity contribution in [3.05, 3.63) is 16.5 Å². The Hall–Kier alpha value is -1.44. The predicted octanol–water partition coefficient (Wildman–Crippen LogP) is 3.17. The maximum absolute atomic E-state index is 12.5. The zero-order valence-electron chi connectivity index (χ0n) is 16.3. The number of carbonyl (C=O) groups is 2. The van der Waals surface area contributed by atoms with Crippen LogP contribution in [0.1, 0.15) is 50.5 Å². The second-order valence-electron chi connectivity index (χ2n) is 7.28. The van der Waals surface area contributed by atoms with Crippen LogP contribution in [0.25, 0.3) is 0 Å². The van der Waals surface area contributed by atoms with Crippen molar-refractivity contribution >= 4 is 28.2 Å². The van der Waals surface area contributed by atoms with Gasteiger partial charge in [0.05, 0.1) is 30.9 Å². The first-order valence-corrected chi connectivity index (χ1v) is 10.1. The molecule has 1 saturated heterocycles. The first kappa shape index (κ1) is 20.9. The highest BCUT2D eigenvalue weighted by atomic mass is 32.1. The normalized spacial score (nSPS) is 21.0. The molecule has 1 N–H and O–H groups in total. The van der Waals surface area contributed by atoms with Gasteiger partial charge in [-0.3, -0.25) is 9.69 Å². The van der Waals surface area contributed by atoms with Crippen molar-refractivity contribution in [2.75, 3.05) is 31.6 Å². The monoisotopic (exact) mass is 382 g/mol. The van der Waals surface area contributed by atoms with Gasteiger partial charge in [0.2, 0.25) is 5.91 Å². The first-order chi connectivity index (χ1) is 12.3. The van der Waals surface area contributed by atoms with Crippen LogP contribution in [0.4, 0.5) is 5.00 Å². The number of anilines is 1. The van der Waals surface area contributed by atoms with E-state index < -0.39 is 0 Å². The molecule has 2 heterocycles. The standard InChI is InChI=1S/C19H30N2O4S/c1-6-24-19(23)17-15(7-12(2)3)11-26-18(17)20-16(22)10-21-8-13(4)25-14(5)9-21/h11-14H,6-10H2,1-5H3,(H,20,22)/t13-,14-/m0/s1. The van der Waals surface area contributed by atoms with E-state index in [4.69, 9.17) is 9.47 Å². The third kappa shape index (κ3) is 5.79. The lowest BCUT2D eigenvalue weighted by Gasteiger charge is -2.34. The molecule has 2 rings (SSSR count). The van der Waals surface area contributed by atoms with Crippen LogP contribution in [0.3, 0.4) is 0 Å². The molecule has 0 unspecified atom stereocenters. The van der Waals surface area contributed by atoms with Crippen molar-refractivity contribution in [2.45, 2.75) is 53.2 Å². The summed E-state index contributed by atoms with van der Waals surface area (Å²) >= 11 is 1.39. The third-order valence-electron chi connectivity index (χ3n) is 4.09. The maximum atomic E-state index is 12.5. The highest BCUT2D eigenvalue weighted by Gasteiger charge is 2.26. The lowest BCUT2D eigenvalue weighted by Crippen LogP contribution is -2.48. The van der Waals surface area contributed by atoms with Crippen LogP contribution in [-0.4, -0.2) is 55.2 Å². The van der Waals surface area contributed by atoms with Crippen molar-refractivity contribution in [3.8, 4) is 0 Å². The van der Waals surface area contributed by atoms with E-state index in [1.54, 1.807) is 6.92 Å². The SMILES string of the molecule is CCOC(=O)c1c(CC(C)C)csc1NC(=O)CN1C[C@H](C)O[C@@H](C)C1. The van der Waals surface area contributed by atoms with E-state index in [9.17, 15) is 9.59 Å². The number of thiophene rings is 1. The number of nitrogens with one attached hydrogen (secondary N) is 1. The van der Waals surface area contributed by atoms with Gasteiger partial charge in [0.25, 0.3) is 0 Å². The summed E-state index contributed by atoms with van der Waals surface area (Å²) < 4.78 is 10.9. The average molecular weight is 383 g/mol. The largest absolute Gasteiger partial charge is 0.462 e. The molecule has 7 heteroatoms. The fraction of sp³-hybridized carbons (Fsp3) is 0.684. The Morgan fingerprint density at radius 1 is 1.35 bits per heavy atom. The summed E-state index contributed by atoms with van der Waals surface area (Å²) in [6.07, 6.45) is 1.00. The molecule has 0 bridgehead atoms. The van der Waals surface area contributed by atoms with Crippen molar-refractivity contribution in [1.82, 2.24) is 4.90 Å². The van der Waals surface area contributed by atoms with Gasteiger partial charge in [-0.05, 0) is 44.1 Å². The second kappa shape index (κ2) is 9.48. The molecule has 1 aromatic heterocycles. The Balaban J connectivity index is 2.08. The number of nitrogens with zero attached hydrogens (tertiary/aromatic N) is 1. The molecule has 26 heavy (non-hydrogen) atoms. The number of morpholine rings is 1. The Bertz CT molecular complexity index is 619. The fourth-order valence-corrected chi connectivity index (χ4v) is 4.26. The molecule has 6 nitrogen and oxygen atoms in total. The number of rotatable bonds is 7. The van der Waals surface area contributed by atoms with Gasteiger partial charge in [0.1, 0.15) is 5.00 Å². The Kier molecular flexibility index (Phi) is 7.61. The zero-order valence-corrected chi connectivity index (χ0v) is 17.1. The second-order valence-corrected chi connectivity index (χ2v) is 8.16. The van der Waals surface area contributed by atoms with Crippen LogP contribution in [0.5, 0.6) is 0 Å². The van der Waals surface area contributed by atoms with E-state index in [2.05, 4.69) is 24.1 Å². The van der Waals surface area contributed by atoms with E-state index in [1.807, 2.05) is 19.2 Å². The zero-order chi connectivity index (χ0) is 19.3. The van der Waals surface area contributed by atoms with Crippen LogP contribution < -0.4 is 5.32 Å². The lowest BCUT2D eigenvalue weighted by atomic mass is 10.0. The quantitative estimate of drug-likeness (QED) is 0.734. The molecular weight excluding hydrogens is 352 g/mol. The summed E-state index contributed by atoms with van der Waals surface area (Å²) in [5.41, 5.74) is 1.44. The fourth-order valence-electron chi connectivity index (χ4n) is 3.29. The molecule has 1 aliphatic heterocycles. The summed E-state index contributed by atoms with van der Waals surface area (Å²) in [7, 11) is 0. The summed E-state index contributed by atoms with van der Waals surface area (Å²) in [5, 5.41) is 5.44. The molecule has 146 valence electrons. The van der Waals surface area contributed by atoms with Crippen LogP contribution in [-0.2, 0) is 20.7 Å². The molecule has 0 aliphatic carbocycles. The number of ether oxygens (including phenoxy) is 2. The molecule has 0 radical (unpaired) electrons. The predicted molar refractivity (Wildman–Crippen MR) is 104 cm³/mol. The van der Waals surface area contributed by atoms with Gasteiger partial charge in [0, 0.05) is 13.1 Å². The number of esters is 1. The van der Waals surface area contributed by atoms with Gasteiger partial charge in [-0.25, -0.2) is 4.79 Å². The topological polar surface area (TPSA) is 67.9 Å². The average Bonchev–Trinajstić information content (AvgIpc) is 2.87. The van der Waals surface area contributed by atoms with Gasteiger partial charge in [-0.2, -0.15) is 0 Å². The molecule has 1 fully saturated rings. The summed E-state index contributed by atoms with van der Waals surface area (Å²) in [6, 6.07) is 0. The van der Waals surface area contributed by atoms with E-state index in [1.165, 1.54) is 11.3 Å². The Morgan fingerprint density at radius 3 is 2.58 bits per heavy atom. The van der Waals surface area contributed by atoms with E-state index in [0.717, 1.165) is 25.1 Å². The Labute approximate surface area is 159 Å². The minimum Gasteiger partial charge on any atom is -0.462 e. The highest BCUT2D eigenvalue weighted by molar-refractivity contribution is 7.15. The van der Waals surface area contributed by atoms with Crippen molar-refractivity contribution in [3.63, 3.8) is 0 Å². The number of hydrogen-bond donors (Lipinski definition) is 1. The van der Waals surface area contributed by atoms with Gasteiger partial charge < -0.3 is 14.8 Å². The lowest BCUT2D eigenvalue weighted by molar-refractivity contribution is -0.121. The minimum absolute atomic E-state index is 0.112. The Morgan fingerprint density at radius 2 is 2.00 bits per heavy atom. The summed E-state index contributed by atoms with van der Waals surface area (Å²) in [4.78, 5) is 27.0.